The first-order valence-electron chi connectivity index (χ1n) is 5.36. The van der Waals surface area contributed by atoms with Gasteiger partial charge < -0.3 is 10.0 Å². The lowest BCUT2D eigenvalue weighted by Gasteiger charge is -2.47. The van der Waals surface area contributed by atoms with Gasteiger partial charge in [0.1, 0.15) is 5.69 Å². The molecule has 1 fully saturated rings. The molecule has 1 aliphatic heterocycles. The number of hydrogen-bond acceptors (Lipinski definition) is 4. The Hall–Kier alpha value is -0.890. The molecule has 1 saturated heterocycles. The van der Waals surface area contributed by atoms with Gasteiger partial charge in [0.2, 0.25) is 0 Å². The highest BCUT2D eigenvalue weighted by Crippen LogP contribution is 2.36. The molecule has 6 heteroatoms. The van der Waals surface area contributed by atoms with Gasteiger partial charge in [0, 0.05) is 22.7 Å². The number of nitro benzene ring substituents is 1. The van der Waals surface area contributed by atoms with Gasteiger partial charge >= 0.3 is 0 Å². The van der Waals surface area contributed by atoms with Gasteiger partial charge in [0.25, 0.3) is 5.69 Å². The number of anilines is 1. The minimum atomic E-state index is -0.684. The smallest absolute Gasteiger partial charge is 0.293 e. The molecule has 0 radical (unpaired) electrons. The topological polar surface area (TPSA) is 66.6 Å². The van der Waals surface area contributed by atoms with E-state index in [1.807, 2.05) is 17.9 Å². The lowest BCUT2D eigenvalue weighted by Crippen LogP contribution is -2.61. The number of β-amino-alcohol motifs (C(OH)–C–C–N with tert-alkyl or cyclic N) is 1. The van der Waals surface area contributed by atoms with Crippen molar-refractivity contribution in [1.82, 2.24) is 0 Å². The van der Waals surface area contributed by atoms with Crippen molar-refractivity contribution in [1.29, 1.82) is 0 Å². The quantitative estimate of drug-likeness (QED) is 0.517. The maximum Gasteiger partial charge on any atom is 0.293 e. The van der Waals surface area contributed by atoms with E-state index >= 15 is 0 Å². The van der Waals surface area contributed by atoms with E-state index in [-0.39, 0.29) is 10.6 Å². The van der Waals surface area contributed by atoms with Gasteiger partial charge in [-0.25, -0.2) is 0 Å². The molecule has 0 unspecified atom stereocenters. The maximum absolute atomic E-state index is 11.0. The van der Waals surface area contributed by atoms with E-state index in [1.165, 1.54) is 0 Å². The van der Waals surface area contributed by atoms with Crippen LogP contribution in [0.5, 0.6) is 0 Å². The highest BCUT2D eigenvalue weighted by atomic mass is 127. The lowest BCUT2D eigenvalue weighted by molar-refractivity contribution is -0.384. The molecule has 5 nitrogen and oxygen atoms in total. The summed E-state index contributed by atoms with van der Waals surface area (Å²) in [7, 11) is 0. The SMILES string of the molecule is CCC1(O)CN(c2ccc(I)cc2[N+](=O)[O-])C1. The second-order valence-electron chi connectivity index (χ2n) is 4.32. The molecule has 0 spiro atoms. The first-order valence-corrected chi connectivity index (χ1v) is 6.44. The molecule has 0 aromatic heterocycles. The Labute approximate surface area is 113 Å². The second-order valence-corrected chi connectivity index (χ2v) is 5.57. The summed E-state index contributed by atoms with van der Waals surface area (Å²) in [5.74, 6) is 0. The monoisotopic (exact) mass is 348 g/mol. The number of benzene rings is 1. The van der Waals surface area contributed by atoms with Crippen LogP contribution in [0.25, 0.3) is 0 Å². The van der Waals surface area contributed by atoms with E-state index in [0.717, 1.165) is 3.57 Å². The molecule has 17 heavy (non-hydrogen) atoms. The number of rotatable bonds is 3. The van der Waals surface area contributed by atoms with E-state index < -0.39 is 5.60 Å². The Kier molecular flexibility index (Phi) is 3.26. The molecule has 0 aliphatic carbocycles. The molecule has 0 amide bonds. The summed E-state index contributed by atoms with van der Waals surface area (Å²) in [5, 5.41) is 20.9. The van der Waals surface area contributed by atoms with E-state index in [9.17, 15) is 15.2 Å². The van der Waals surface area contributed by atoms with Crippen LogP contribution in [0.3, 0.4) is 0 Å². The highest BCUT2D eigenvalue weighted by molar-refractivity contribution is 14.1. The molecular formula is C11H13IN2O3. The molecule has 1 aromatic carbocycles. The first-order chi connectivity index (χ1) is 7.95. The van der Waals surface area contributed by atoms with Crippen molar-refractivity contribution >= 4 is 34.0 Å². The van der Waals surface area contributed by atoms with Crippen LogP contribution in [0, 0.1) is 13.7 Å². The fourth-order valence-electron chi connectivity index (χ4n) is 1.97. The third kappa shape index (κ3) is 2.37. The van der Waals surface area contributed by atoms with Crippen molar-refractivity contribution in [2.75, 3.05) is 18.0 Å². The zero-order valence-electron chi connectivity index (χ0n) is 9.39. The van der Waals surface area contributed by atoms with Crippen LogP contribution in [0.2, 0.25) is 0 Å². The van der Waals surface area contributed by atoms with Gasteiger partial charge in [-0.15, -0.1) is 0 Å². The van der Waals surface area contributed by atoms with E-state index in [1.54, 1.807) is 12.1 Å². The fourth-order valence-corrected chi connectivity index (χ4v) is 2.44. The van der Waals surface area contributed by atoms with E-state index in [2.05, 4.69) is 22.6 Å². The van der Waals surface area contributed by atoms with Gasteiger partial charge in [0.05, 0.1) is 10.5 Å². The number of hydrogen-bond donors (Lipinski definition) is 1. The number of halogens is 1. The Morgan fingerprint density at radius 1 is 1.59 bits per heavy atom. The van der Waals surface area contributed by atoms with Gasteiger partial charge in [-0.2, -0.15) is 0 Å². The van der Waals surface area contributed by atoms with Crippen molar-refractivity contribution in [2.45, 2.75) is 18.9 Å². The van der Waals surface area contributed by atoms with Crippen LogP contribution < -0.4 is 4.90 Å². The molecule has 0 bridgehead atoms. The van der Waals surface area contributed by atoms with Crippen LogP contribution in [-0.2, 0) is 0 Å². The van der Waals surface area contributed by atoms with Gasteiger partial charge in [-0.3, -0.25) is 10.1 Å². The summed E-state index contributed by atoms with van der Waals surface area (Å²) < 4.78 is 0.837. The summed E-state index contributed by atoms with van der Waals surface area (Å²) in [5.41, 5.74) is 0.0141. The van der Waals surface area contributed by atoms with Crippen LogP contribution in [0.4, 0.5) is 11.4 Å². The molecule has 0 saturated carbocycles. The molecule has 1 heterocycles. The van der Waals surface area contributed by atoms with Crippen molar-refractivity contribution in [3.05, 3.63) is 31.9 Å². The average Bonchev–Trinajstić information content (AvgIpc) is 2.25. The molecule has 1 N–H and O–H groups in total. The van der Waals surface area contributed by atoms with Crippen molar-refractivity contribution in [3.63, 3.8) is 0 Å². The largest absolute Gasteiger partial charge is 0.386 e. The Bertz CT molecular complexity index is 458. The van der Waals surface area contributed by atoms with Crippen molar-refractivity contribution in [3.8, 4) is 0 Å². The molecule has 1 aromatic rings. The molecule has 1 aliphatic rings. The molecular weight excluding hydrogens is 335 g/mol. The predicted octanol–water partition coefficient (Wildman–Crippen LogP) is 2.16. The first kappa shape index (κ1) is 12.6. The van der Waals surface area contributed by atoms with E-state index in [4.69, 9.17) is 0 Å². The number of nitro groups is 1. The summed E-state index contributed by atoms with van der Waals surface area (Å²) in [6, 6.07) is 5.14. The van der Waals surface area contributed by atoms with Crippen LogP contribution in [0.1, 0.15) is 13.3 Å². The van der Waals surface area contributed by atoms with E-state index in [0.29, 0.717) is 25.2 Å². The normalized spacial score (nSPS) is 17.7. The lowest BCUT2D eigenvalue weighted by atomic mass is 9.90. The minimum Gasteiger partial charge on any atom is -0.386 e. The van der Waals surface area contributed by atoms with Gasteiger partial charge in [-0.1, -0.05) is 6.92 Å². The Morgan fingerprint density at radius 2 is 2.24 bits per heavy atom. The zero-order valence-corrected chi connectivity index (χ0v) is 11.5. The fraction of sp³-hybridized carbons (Fsp3) is 0.455. The maximum atomic E-state index is 11.0. The highest BCUT2D eigenvalue weighted by Gasteiger charge is 2.41. The second kappa shape index (κ2) is 4.41. The zero-order chi connectivity index (χ0) is 12.6. The van der Waals surface area contributed by atoms with Crippen LogP contribution in [0.15, 0.2) is 18.2 Å². The summed E-state index contributed by atoms with van der Waals surface area (Å²) in [6.07, 6.45) is 0.668. The van der Waals surface area contributed by atoms with Gasteiger partial charge in [0.15, 0.2) is 0 Å². The summed E-state index contributed by atoms with van der Waals surface area (Å²) in [4.78, 5) is 12.4. The Balaban J connectivity index is 2.26. The standard InChI is InChI=1S/C11H13IN2O3/c1-2-11(15)6-13(7-11)9-4-3-8(12)5-10(9)14(16)17/h3-5,15H,2,6-7H2,1H3. The molecule has 2 rings (SSSR count). The van der Waals surface area contributed by atoms with Gasteiger partial charge in [-0.05, 0) is 41.1 Å². The third-order valence-electron chi connectivity index (χ3n) is 3.10. The Morgan fingerprint density at radius 3 is 2.76 bits per heavy atom. The predicted molar refractivity (Wildman–Crippen MR) is 73.3 cm³/mol. The molecule has 0 atom stereocenters. The minimum absolute atomic E-state index is 0.107. The summed E-state index contributed by atoms with van der Waals surface area (Å²) >= 11 is 2.05. The van der Waals surface area contributed by atoms with Crippen LogP contribution >= 0.6 is 22.6 Å². The number of aliphatic hydroxyl groups is 1. The number of nitrogens with zero attached hydrogens (tertiary/aromatic N) is 2. The van der Waals surface area contributed by atoms with Crippen molar-refractivity contribution in [2.24, 2.45) is 0 Å². The molecule has 92 valence electrons. The third-order valence-corrected chi connectivity index (χ3v) is 3.77. The summed E-state index contributed by atoms with van der Waals surface area (Å²) in [6.45, 7) is 2.84. The van der Waals surface area contributed by atoms with Crippen molar-refractivity contribution < 1.29 is 10.0 Å². The average molecular weight is 348 g/mol. The van der Waals surface area contributed by atoms with Crippen LogP contribution in [-0.4, -0.2) is 28.7 Å².